The Bertz CT molecular complexity index is 1200. The summed E-state index contributed by atoms with van der Waals surface area (Å²) in [5.74, 6) is -0.943. The number of para-hydroxylation sites is 1. The fourth-order valence-corrected chi connectivity index (χ4v) is 3.28. The van der Waals surface area contributed by atoms with E-state index in [9.17, 15) is 15.0 Å². The minimum atomic E-state index is -0.947. The summed E-state index contributed by atoms with van der Waals surface area (Å²) in [6, 6.07) is 13.6. The number of phenols is 1. The van der Waals surface area contributed by atoms with Crippen molar-refractivity contribution in [3.8, 4) is 28.3 Å². The van der Waals surface area contributed by atoms with Crippen LogP contribution in [-0.4, -0.2) is 41.4 Å². The maximum Gasteiger partial charge on any atom is 0.328 e. The Morgan fingerprint density at radius 2 is 1.79 bits per heavy atom. The summed E-state index contributed by atoms with van der Waals surface area (Å²) in [4.78, 5) is 11.5. The standard InChI is InChI=1S/C21H19N5O3/c1-12(2)20(21(28)29)26-11-18(24-25-26)13-7-8-16-14(9-13)10-17(23-22-16)15-5-3-4-6-19(15)27/h3-12,20,27H,1-2H3,(H,28,29). The van der Waals surface area contributed by atoms with Crippen LogP contribution in [0.2, 0.25) is 0 Å². The number of aromatic nitrogens is 5. The Morgan fingerprint density at radius 3 is 2.52 bits per heavy atom. The quantitative estimate of drug-likeness (QED) is 0.536. The second-order valence-electron chi connectivity index (χ2n) is 7.13. The van der Waals surface area contributed by atoms with Crippen molar-refractivity contribution in [2.45, 2.75) is 19.9 Å². The molecule has 2 aromatic heterocycles. The summed E-state index contributed by atoms with van der Waals surface area (Å²) in [6.45, 7) is 3.66. The lowest BCUT2D eigenvalue weighted by atomic mass is 10.0. The van der Waals surface area contributed by atoms with Gasteiger partial charge in [-0.05, 0) is 36.2 Å². The van der Waals surface area contributed by atoms with Crippen LogP contribution in [0.4, 0.5) is 0 Å². The molecule has 0 amide bonds. The minimum Gasteiger partial charge on any atom is -0.507 e. The van der Waals surface area contributed by atoms with Crippen LogP contribution in [0.5, 0.6) is 5.75 Å². The summed E-state index contributed by atoms with van der Waals surface area (Å²) < 4.78 is 1.38. The first-order chi connectivity index (χ1) is 13.9. The molecule has 2 heterocycles. The Balaban J connectivity index is 1.74. The van der Waals surface area contributed by atoms with Crippen molar-refractivity contribution in [2.75, 3.05) is 0 Å². The van der Waals surface area contributed by atoms with E-state index in [1.807, 2.05) is 44.2 Å². The zero-order chi connectivity index (χ0) is 20.5. The third-order valence-electron chi connectivity index (χ3n) is 4.74. The zero-order valence-corrected chi connectivity index (χ0v) is 15.9. The fraction of sp³-hybridized carbons (Fsp3) is 0.190. The van der Waals surface area contributed by atoms with E-state index in [0.717, 1.165) is 10.9 Å². The van der Waals surface area contributed by atoms with Gasteiger partial charge in [0.1, 0.15) is 11.4 Å². The van der Waals surface area contributed by atoms with Crippen molar-refractivity contribution in [2.24, 2.45) is 5.92 Å². The predicted molar refractivity (Wildman–Crippen MR) is 107 cm³/mol. The van der Waals surface area contributed by atoms with Crippen LogP contribution < -0.4 is 0 Å². The van der Waals surface area contributed by atoms with E-state index in [4.69, 9.17) is 0 Å². The maximum absolute atomic E-state index is 11.5. The van der Waals surface area contributed by atoms with Crippen molar-refractivity contribution >= 4 is 16.9 Å². The second kappa shape index (κ2) is 7.31. The number of carboxylic acids is 1. The molecule has 0 fully saturated rings. The predicted octanol–water partition coefficient (Wildman–Crippen LogP) is 3.54. The number of aliphatic carboxylic acids is 1. The summed E-state index contributed by atoms with van der Waals surface area (Å²) in [6.07, 6.45) is 1.64. The Morgan fingerprint density at radius 1 is 1.00 bits per heavy atom. The Hall–Kier alpha value is -3.81. The lowest BCUT2D eigenvalue weighted by Crippen LogP contribution is -2.24. The van der Waals surface area contributed by atoms with E-state index in [1.165, 1.54) is 4.68 Å². The van der Waals surface area contributed by atoms with Crippen molar-refractivity contribution in [1.82, 2.24) is 25.2 Å². The van der Waals surface area contributed by atoms with Gasteiger partial charge in [0.25, 0.3) is 0 Å². The fourth-order valence-electron chi connectivity index (χ4n) is 3.28. The van der Waals surface area contributed by atoms with Gasteiger partial charge in [-0.1, -0.05) is 37.3 Å². The first-order valence-electron chi connectivity index (χ1n) is 9.15. The van der Waals surface area contributed by atoms with E-state index in [-0.39, 0.29) is 11.7 Å². The highest BCUT2D eigenvalue weighted by Crippen LogP contribution is 2.30. The first-order valence-corrected chi connectivity index (χ1v) is 9.15. The number of fused-ring (bicyclic) bond motifs is 1. The average Bonchev–Trinajstić information content (AvgIpc) is 3.16. The lowest BCUT2D eigenvalue weighted by Gasteiger charge is -2.15. The molecule has 4 rings (SSSR count). The zero-order valence-electron chi connectivity index (χ0n) is 15.9. The van der Waals surface area contributed by atoms with Crippen molar-refractivity contribution in [3.05, 3.63) is 54.7 Å². The van der Waals surface area contributed by atoms with Gasteiger partial charge in [0.05, 0.1) is 17.4 Å². The molecule has 29 heavy (non-hydrogen) atoms. The normalized spacial score (nSPS) is 12.4. The van der Waals surface area contributed by atoms with Crippen LogP contribution in [0.3, 0.4) is 0 Å². The number of carbonyl (C=O) groups is 1. The molecule has 1 unspecified atom stereocenters. The van der Waals surface area contributed by atoms with Gasteiger partial charge in [-0.15, -0.1) is 15.3 Å². The number of rotatable bonds is 5. The molecule has 0 spiro atoms. The number of carboxylic acid groups (broad SMARTS) is 1. The maximum atomic E-state index is 11.5. The molecular weight excluding hydrogens is 370 g/mol. The van der Waals surface area contributed by atoms with Gasteiger partial charge in [0.15, 0.2) is 6.04 Å². The highest BCUT2D eigenvalue weighted by molar-refractivity contribution is 5.86. The molecule has 0 aliphatic heterocycles. The molecule has 8 heteroatoms. The van der Waals surface area contributed by atoms with E-state index in [1.54, 1.807) is 24.4 Å². The van der Waals surface area contributed by atoms with Crippen LogP contribution in [0.15, 0.2) is 54.7 Å². The average molecular weight is 389 g/mol. The molecule has 0 bridgehead atoms. The van der Waals surface area contributed by atoms with Gasteiger partial charge in [0.2, 0.25) is 0 Å². The molecule has 0 aliphatic carbocycles. The van der Waals surface area contributed by atoms with Crippen molar-refractivity contribution in [1.29, 1.82) is 0 Å². The number of phenolic OH excluding ortho intramolecular Hbond substituents is 1. The molecule has 0 saturated heterocycles. The smallest absolute Gasteiger partial charge is 0.328 e. The molecule has 2 N–H and O–H groups in total. The van der Waals surface area contributed by atoms with E-state index in [0.29, 0.717) is 22.5 Å². The van der Waals surface area contributed by atoms with Crippen LogP contribution >= 0.6 is 0 Å². The van der Waals surface area contributed by atoms with E-state index in [2.05, 4.69) is 20.5 Å². The van der Waals surface area contributed by atoms with Gasteiger partial charge in [0, 0.05) is 16.5 Å². The van der Waals surface area contributed by atoms with Gasteiger partial charge >= 0.3 is 5.97 Å². The summed E-state index contributed by atoms with van der Waals surface area (Å²) >= 11 is 0. The van der Waals surface area contributed by atoms with Gasteiger partial charge in [-0.2, -0.15) is 0 Å². The number of hydrogen-bond donors (Lipinski definition) is 2. The summed E-state index contributed by atoms with van der Waals surface area (Å²) in [5.41, 5.74) is 3.21. The largest absolute Gasteiger partial charge is 0.507 e. The van der Waals surface area contributed by atoms with Gasteiger partial charge in [-0.25, -0.2) is 9.48 Å². The molecule has 2 aromatic carbocycles. The van der Waals surface area contributed by atoms with Crippen LogP contribution in [-0.2, 0) is 4.79 Å². The molecule has 146 valence electrons. The monoisotopic (exact) mass is 389 g/mol. The highest BCUT2D eigenvalue weighted by atomic mass is 16.4. The minimum absolute atomic E-state index is 0.130. The van der Waals surface area contributed by atoms with Crippen LogP contribution in [0.1, 0.15) is 19.9 Å². The van der Waals surface area contributed by atoms with Crippen LogP contribution in [0, 0.1) is 5.92 Å². The van der Waals surface area contributed by atoms with E-state index < -0.39 is 12.0 Å². The molecule has 0 aliphatic rings. The summed E-state index contributed by atoms with van der Waals surface area (Å²) in [7, 11) is 0. The third kappa shape index (κ3) is 3.52. The van der Waals surface area contributed by atoms with Crippen molar-refractivity contribution in [3.63, 3.8) is 0 Å². The number of hydrogen-bond acceptors (Lipinski definition) is 6. The second-order valence-corrected chi connectivity index (χ2v) is 7.13. The van der Waals surface area contributed by atoms with Crippen molar-refractivity contribution < 1.29 is 15.0 Å². The van der Waals surface area contributed by atoms with Crippen LogP contribution in [0.25, 0.3) is 33.4 Å². The number of aromatic hydroxyl groups is 1. The van der Waals surface area contributed by atoms with E-state index >= 15 is 0 Å². The third-order valence-corrected chi connectivity index (χ3v) is 4.74. The lowest BCUT2D eigenvalue weighted by molar-refractivity contribution is -0.142. The number of nitrogens with zero attached hydrogens (tertiary/aromatic N) is 5. The van der Waals surface area contributed by atoms with Gasteiger partial charge < -0.3 is 10.2 Å². The highest BCUT2D eigenvalue weighted by Gasteiger charge is 2.25. The Labute approximate surface area is 166 Å². The molecule has 8 nitrogen and oxygen atoms in total. The number of benzene rings is 2. The molecule has 0 radical (unpaired) electrons. The molecular formula is C21H19N5O3. The van der Waals surface area contributed by atoms with Gasteiger partial charge in [-0.3, -0.25) is 0 Å². The Kier molecular flexibility index (Phi) is 4.67. The molecule has 1 atom stereocenters. The first kappa shape index (κ1) is 18.5. The summed E-state index contributed by atoms with van der Waals surface area (Å²) in [5, 5.41) is 37.0. The topological polar surface area (TPSA) is 114 Å². The molecule has 4 aromatic rings. The molecule has 0 saturated carbocycles. The SMILES string of the molecule is CC(C)C(C(=O)O)n1cc(-c2ccc3nnc(-c4ccccc4O)cc3c2)nn1.